The molecule has 2 rings (SSSR count). The Balaban J connectivity index is 1.91. The van der Waals surface area contributed by atoms with Crippen LogP contribution in [0.2, 0.25) is 0 Å². The summed E-state index contributed by atoms with van der Waals surface area (Å²) in [4.78, 5) is 25.6. The van der Waals surface area contributed by atoms with Crippen LogP contribution in [0.4, 0.5) is 0 Å². The van der Waals surface area contributed by atoms with E-state index in [2.05, 4.69) is 6.92 Å². The molecule has 5 heteroatoms. The number of aliphatic carboxylic acids is 1. The van der Waals surface area contributed by atoms with Crippen LogP contribution in [-0.2, 0) is 16.0 Å². The van der Waals surface area contributed by atoms with Gasteiger partial charge >= 0.3 is 5.97 Å². The number of carboxylic acid groups (broad SMARTS) is 1. The summed E-state index contributed by atoms with van der Waals surface area (Å²) in [6.07, 6.45) is 5.77. The molecule has 0 radical (unpaired) electrons. The Kier molecular flexibility index (Phi) is 8.10. The van der Waals surface area contributed by atoms with Crippen molar-refractivity contribution in [2.75, 3.05) is 0 Å². The molecule has 1 fully saturated rings. The smallest absolute Gasteiger partial charge is 0.326 e. The number of likely N-dealkylation sites (tertiary alicyclic amines) is 1. The third-order valence-electron chi connectivity index (χ3n) is 5.22. The highest BCUT2D eigenvalue weighted by molar-refractivity contribution is 5.85. The molecule has 3 atom stereocenters. The van der Waals surface area contributed by atoms with E-state index < -0.39 is 18.1 Å². The number of rotatable bonds is 11. The number of aliphatic hydroxyl groups is 1. The van der Waals surface area contributed by atoms with Crippen molar-refractivity contribution in [3.05, 3.63) is 35.9 Å². The molecular formula is C21H31NO4. The molecule has 1 aliphatic heterocycles. The van der Waals surface area contributed by atoms with E-state index in [0.717, 1.165) is 24.8 Å². The van der Waals surface area contributed by atoms with E-state index in [0.29, 0.717) is 38.5 Å². The first kappa shape index (κ1) is 20.4. The lowest BCUT2D eigenvalue weighted by molar-refractivity contribution is -0.150. The Morgan fingerprint density at radius 2 is 1.96 bits per heavy atom. The standard InChI is InChI=1S/C21H31NO4/c1-2-3-5-10-19(21(25)26)22-17(12-14-20(22)24)11-13-18(23)15-16-8-6-4-7-9-16/h4,6-9,17-19,23H,2-3,5,10-15H2,1H3,(H,25,26). The number of carbonyl (C=O) groups excluding carboxylic acids is 1. The Morgan fingerprint density at radius 1 is 1.23 bits per heavy atom. The maximum atomic E-state index is 12.3. The fraction of sp³-hybridized carbons (Fsp3) is 0.619. The summed E-state index contributed by atoms with van der Waals surface area (Å²) in [7, 11) is 0. The maximum absolute atomic E-state index is 12.3. The molecule has 144 valence electrons. The van der Waals surface area contributed by atoms with Crippen LogP contribution in [0.3, 0.4) is 0 Å². The number of nitrogens with zero attached hydrogens (tertiary/aromatic N) is 1. The van der Waals surface area contributed by atoms with Crippen molar-refractivity contribution in [1.29, 1.82) is 0 Å². The first-order valence-corrected chi connectivity index (χ1v) is 9.78. The summed E-state index contributed by atoms with van der Waals surface area (Å²) >= 11 is 0. The number of hydrogen-bond acceptors (Lipinski definition) is 3. The molecule has 1 heterocycles. The van der Waals surface area contributed by atoms with Crippen molar-refractivity contribution in [2.24, 2.45) is 0 Å². The SMILES string of the molecule is CCCCCC(C(=O)O)N1C(=O)CCC1CCC(O)Cc1ccccc1. The van der Waals surface area contributed by atoms with Gasteiger partial charge in [-0.15, -0.1) is 0 Å². The monoisotopic (exact) mass is 361 g/mol. The zero-order valence-electron chi connectivity index (χ0n) is 15.6. The van der Waals surface area contributed by atoms with Gasteiger partial charge in [0.15, 0.2) is 0 Å². The molecule has 26 heavy (non-hydrogen) atoms. The molecule has 1 amide bonds. The van der Waals surface area contributed by atoms with Crippen molar-refractivity contribution < 1.29 is 19.8 Å². The van der Waals surface area contributed by atoms with Gasteiger partial charge in [-0.2, -0.15) is 0 Å². The lowest BCUT2D eigenvalue weighted by Gasteiger charge is -2.31. The molecule has 0 bridgehead atoms. The van der Waals surface area contributed by atoms with Crippen molar-refractivity contribution in [3.63, 3.8) is 0 Å². The number of unbranched alkanes of at least 4 members (excludes halogenated alkanes) is 2. The van der Waals surface area contributed by atoms with E-state index in [1.165, 1.54) is 0 Å². The summed E-state index contributed by atoms with van der Waals surface area (Å²) in [6, 6.07) is 9.03. The molecule has 1 aliphatic rings. The number of amides is 1. The first-order valence-electron chi connectivity index (χ1n) is 9.78. The number of hydrogen-bond donors (Lipinski definition) is 2. The molecule has 0 saturated carbocycles. The van der Waals surface area contributed by atoms with Crippen LogP contribution in [0, 0.1) is 0 Å². The zero-order chi connectivity index (χ0) is 18.9. The Labute approximate surface area is 156 Å². The average molecular weight is 361 g/mol. The van der Waals surface area contributed by atoms with Gasteiger partial charge in [-0.25, -0.2) is 4.79 Å². The minimum atomic E-state index is -0.911. The van der Waals surface area contributed by atoms with E-state index in [4.69, 9.17) is 0 Å². The van der Waals surface area contributed by atoms with Gasteiger partial charge in [0.25, 0.3) is 0 Å². The highest BCUT2D eigenvalue weighted by atomic mass is 16.4. The van der Waals surface area contributed by atoms with E-state index in [9.17, 15) is 19.8 Å². The minimum Gasteiger partial charge on any atom is -0.480 e. The average Bonchev–Trinajstić information content (AvgIpc) is 2.98. The lowest BCUT2D eigenvalue weighted by atomic mass is 9.99. The first-order chi connectivity index (χ1) is 12.5. The minimum absolute atomic E-state index is 0.0588. The molecule has 0 aromatic heterocycles. The molecule has 1 saturated heterocycles. The van der Waals surface area contributed by atoms with Gasteiger partial charge in [0.05, 0.1) is 6.10 Å². The predicted octanol–water partition coefficient (Wildman–Crippen LogP) is 3.39. The summed E-state index contributed by atoms with van der Waals surface area (Å²) < 4.78 is 0. The summed E-state index contributed by atoms with van der Waals surface area (Å²) in [5.41, 5.74) is 1.09. The second-order valence-electron chi connectivity index (χ2n) is 7.26. The van der Waals surface area contributed by atoms with Gasteiger partial charge in [-0.05, 0) is 37.7 Å². The topological polar surface area (TPSA) is 77.8 Å². The second kappa shape index (κ2) is 10.3. The molecule has 3 unspecified atom stereocenters. The van der Waals surface area contributed by atoms with Gasteiger partial charge in [0.2, 0.25) is 5.91 Å². The number of benzene rings is 1. The molecular weight excluding hydrogens is 330 g/mol. The lowest BCUT2D eigenvalue weighted by Crippen LogP contribution is -2.46. The number of carbonyl (C=O) groups is 2. The molecule has 5 nitrogen and oxygen atoms in total. The summed E-state index contributed by atoms with van der Waals surface area (Å²) in [6.45, 7) is 2.08. The number of carboxylic acids is 1. The van der Waals surface area contributed by atoms with Crippen molar-refractivity contribution in [2.45, 2.75) is 82.9 Å². The van der Waals surface area contributed by atoms with Gasteiger partial charge in [0.1, 0.15) is 6.04 Å². The Morgan fingerprint density at radius 3 is 2.62 bits per heavy atom. The van der Waals surface area contributed by atoms with Gasteiger partial charge < -0.3 is 15.1 Å². The Bertz CT molecular complexity index is 575. The molecule has 0 aliphatic carbocycles. The normalized spacial score (nSPS) is 19.5. The van der Waals surface area contributed by atoms with E-state index >= 15 is 0 Å². The van der Waals surface area contributed by atoms with Crippen LogP contribution < -0.4 is 0 Å². The van der Waals surface area contributed by atoms with Crippen LogP contribution in [0.5, 0.6) is 0 Å². The van der Waals surface area contributed by atoms with Crippen LogP contribution in [0.15, 0.2) is 30.3 Å². The predicted molar refractivity (Wildman–Crippen MR) is 101 cm³/mol. The van der Waals surface area contributed by atoms with Gasteiger partial charge in [0, 0.05) is 12.5 Å². The third-order valence-corrected chi connectivity index (χ3v) is 5.22. The Hall–Kier alpha value is -1.88. The summed E-state index contributed by atoms with van der Waals surface area (Å²) in [5.74, 6) is -0.970. The van der Waals surface area contributed by atoms with Gasteiger partial charge in [-0.1, -0.05) is 56.5 Å². The van der Waals surface area contributed by atoms with Crippen LogP contribution in [0.25, 0.3) is 0 Å². The van der Waals surface area contributed by atoms with Crippen LogP contribution >= 0.6 is 0 Å². The highest BCUT2D eigenvalue weighted by Crippen LogP contribution is 2.28. The largest absolute Gasteiger partial charge is 0.480 e. The van der Waals surface area contributed by atoms with E-state index in [-0.39, 0.29) is 11.9 Å². The van der Waals surface area contributed by atoms with Crippen LogP contribution in [-0.4, -0.2) is 45.2 Å². The van der Waals surface area contributed by atoms with Crippen molar-refractivity contribution >= 4 is 11.9 Å². The van der Waals surface area contributed by atoms with E-state index in [1.54, 1.807) is 4.90 Å². The highest BCUT2D eigenvalue weighted by Gasteiger charge is 2.39. The fourth-order valence-electron chi connectivity index (χ4n) is 3.82. The summed E-state index contributed by atoms with van der Waals surface area (Å²) in [5, 5.41) is 19.9. The quantitative estimate of drug-likeness (QED) is 0.592. The fourth-order valence-corrected chi connectivity index (χ4v) is 3.82. The second-order valence-corrected chi connectivity index (χ2v) is 7.26. The van der Waals surface area contributed by atoms with E-state index in [1.807, 2.05) is 30.3 Å². The van der Waals surface area contributed by atoms with Crippen molar-refractivity contribution in [1.82, 2.24) is 4.90 Å². The maximum Gasteiger partial charge on any atom is 0.326 e. The molecule has 2 N–H and O–H groups in total. The number of aliphatic hydroxyl groups excluding tert-OH is 1. The van der Waals surface area contributed by atoms with Crippen molar-refractivity contribution in [3.8, 4) is 0 Å². The molecule has 1 aromatic carbocycles. The zero-order valence-corrected chi connectivity index (χ0v) is 15.6. The molecule has 1 aromatic rings. The molecule has 0 spiro atoms. The third kappa shape index (κ3) is 5.84. The van der Waals surface area contributed by atoms with Crippen LogP contribution in [0.1, 0.15) is 63.9 Å². The van der Waals surface area contributed by atoms with Gasteiger partial charge in [-0.3, -0.25) is 4.79 Å².